The second-order valence-corrected chi connectivity index (χ2v) is 7.13. The molecule has 1 amide bonds. The minimum atomic E-state index is -1.07. The van der Waals surface area contributed by atoms with E-state index in [0.29, 0.717) is 25.5 Å². The van der Waals surface area contributed by atoms with Crippen molar-refractivity contribution in [2.24, 2.45) is 0 Å². The van der Waals surface area contributed by atoms with E-state index in [4.69, 9.17) is 18.9 Å². The summed E-state index contributed by atoms with van der Waals surface area (Å²) in [6.07, 6.45) is 3.19. The molecule has 164 valence electrons. The summed E-state index contributed by atoms with van der Waals surface area (Å²) in [5.74, 6) is -0.208. The van der Waals surface area contributed by atoms with Crippen molar-refractivity contribution in [2.45, 2.75) is 38.3 Å². The summed E-state index contributed by atoms with van der Waals surface area (Å²) in [7, 11) is 1.56. The van der Waals surface area contributed by atoms with Crippen LogP contribution in [0.15, 0.2) is 53.6 Å². The summed E-state index contributed by atoms with van der Waals surface area (Å²) in [6, 6.07) is 9.56. The molecular weight excluding hydrogens is 388 g/mol. The topological polar surface area (TPSA) is 98.3 Å². The van der Waals surface area contributed by atoms with Crippen LogP contribution in [0.5, 0.6) is 0 Å². The maximum atomic E-state index is 12.7. The number of aliphatic hydroxyl groups is 1. The Hall–Kier alpha value is -2.39. The van der Waals surface area contributed by atoms with Gasteiger partial charge in [0.05, 0.1) is 13.2 Å². The van der Waals surface area contributed by atoms with Crippen LogP contribution < -0.4 is 10.6 Å². The number of hydrogen-bond donors (Lipinski definition) is 3. The van der Waals surface area contributed by atoms with Crippen LogP contribution >= 0.6 is 0 Å². The average Bonchev–Trinajstić information content (AvgIpc) is 2.78. The van der Waals surface area contributed by atoms with Crippen molar-refractivity contribution in [1.82, 2.24) is 10.6 Å². The molecule has 1 saturated heterocycles. The van der Waals surface area contributed by atoms with Crippen LogP contribution in [0.2, 0.25) is 0 Å². The molecule has 8 heteroatoms. The minimum Gasteiger partial charge on any atom is -0.488 e. The number of carbonyl (C=O) groups excluding carboxylic acids is 1. The molecular formula is C22H30N2O6. The lowest BCUT2D eigenvalue weighted by molar-refractivity contribution is -0.157. The Bertz CT molecular complexity index is 743. The van der Waals surface area contributed by atoms with Crippen molar-refractivity contribution in [2.75, 3.05) is 33.5 Å². The molecule has 0 spiro atoms. The SMILES string of the molecule is COCCNC(=O)C1=C(OCc2ccccc2)C(O)C=C(COC2CCCCO2)N1. The third kappa shape index (κ3) is 6.56. The van der Waals surface area contributed by atoms with E-state index in [1.54, 1.807) is 13.2 Å². The number of methoxy groups -OCH3 is 1. The number of hydrogen-bond acceptors (Lipinski definition) is 7. The van der Waals surface area contributed by atoms with E-state index < -0.39 is 6.10 Å². The van der Waals surface area contributed by atoms with Gasteiger partial charge in [0.15, 0.2) is 12.0 Å². The number of carbonyl (C=O) groups is 1. The minimum absolute atomic E-state index is 0.167. The molecule has 2 unspecified atom stereocenters. The van der Waals surface area contributed by atoms with Crippen molar-refractivity contribution in [1.29, 1.82) is 0 Å². The lowest BCUT2D eigenvalue weighted by Crippen LogP contribution is -2.40. The van der Waals surface area contributed by atoms with E-state index in [1.165, 1.54) is 0 Å². The Morgan fingerprint density at radius 3 is 2.83 bits per heavy atom. The highest BCUT2D eigenvalue weighted by Gasteiger charge is 2.28. The number of ether oxygens (including phenoxy) is 4. The summed E-state index contributed by atoms with van der Waals surface area (Å²) in [6.45, 7) is 1.84. The number of amides is 1. The predicted octanol–water partition coefficient (Wildman–Crippen LogP) is 1.57. The van der Waals surface area contributed by atoms with Crippen LogP contribution in [0.4, 0.5) is 0 Å². The first kappa shape index (κ1) is 22.3. The summed E-state index contributed by atoms with van der Waals surface area (Å²) < 4.78 is 22.2. The molecule has 2 aliphatic rings. The zero-order valence-electron chi connectivity index (χ0n) is 17.3. The molecule has 0 saturated carbocycles. The molecule has 3 N–H and O–H groups in total. The fourth-order valence-electron chi connectivity index (χ4n) is 3.20. The summed E-state index contributed by atoms with van der Waals surface area (Å²) in [5.41, 5.74) is 1.68. The van der Waals surface area contributed by atoms with Crippen molar-refractivity contribution in [3.05, 3.63) is 59.1 Å². The second-order valence-electron chi connectivity index (χ2n) is 7.13. The smallest absolute Gasteiger partial charge is 0.271 e. The number of benzene rings is 1. The highest BCUT2D eigenvalue weighted by molar-refractivity contribution is 5.94. The Labute approximate surface area is 176 Å². The Morgan fingerprint density at radius 2 is 2.10 bits per heavy atom. The lowest BCUT2D eigenvalue weighted by Gasteiger charge is -2.28. The fraction of sp³-hybridized carbons (Fsp3) is 0.500. The third-order valence-electron chi connectivity index (χ3n) is 4.78. The highest BCUT2D eigenvalue weighted by atomic mass is 16.7. The predicted molar refractivity (Wildman–Crippen MR) is 110 cm³/mol. The zero-order chi connectivity index (χ0) is 21.2. The first-order chi connectivity index (χ1) is 14.7. The van der Waals surface area contributed by atoms with Gasteiger partial charge in [-0.15, -0.1) is 0 Å². The number of nitrogens with one attached hydrogen (secondary N) is 2. The molecule has 2 atom stereocenters. The summed E-state index contributed by atoms with van der Waals surface area (Å²) >= 11 is 0. The Morgan fingerprint density at radius 1 is 1.27 bits per heavy atom. The molecule has 3 rings (SSSR count). The zero-order valence-corrected chi connectivity index (χ0v) is 17.3. The number of dihydropyridines is 1. The molecule has 8 nitrogen and oxygen atoms in total. The van der Waals surface area contributed by atoms with Crippen LogP contribution in [-0.2, 0) is 30.3 Å². The number of rotatable bonds is 10. The van der Waals surface area contributed by atoms with Gasteiger partial charge < -0.3 is 34.7 Å². The van der Waals surface area contributed by atoms with Gasteiger partial charge in [-0.2, -0.15) is 0 Å². The van der Waals surface area contributed by atoms with Gasteiger partial charge in [0.25, 0.3) is 5.91 Å². The standard InChI is InChI=1S/C22H30N2O6/c1-27-12-10-23-22(26)20-21(30-14-16-7-3-2-4-8-16)18(25)13-17(24-20)15-29-19-9-5-6-11-28-19/h2-4,7-8,13,18-19,24-25H,5-6,9-12,14-15H2,1H3,(H,23,26). The number of aliphatic hydroxyl groups excluding tert-OH is 1. The van der Waals surface area contributed by atoms with Crippen molar-refractivity contribution >= 4 is 5.91 Å². The van der Waals surface area contributed by atoms with E-state index in [0.717, 1.165) is 24.8 Å². The van der Waals surface area contributed by atoms with Gasteiger partial charge in [-0.3, -0.25) is 4.79 Å². The molecule has 0 aliphatic carbocycles. The van der Waals surface area contributed by atoms with E-state index >= 15 is 0 Å². The van der Waals surface area contributed by atoms with Crippen LogP contribution in [0.25, 0.3) is 0 Å². The van der Waals surface area contributed by atoms with Gasteiger partial charge >= 0.3 is 0 Å². The molecule has 2 heterocycles. The summed E-state index contributed by atoms with van der Waals surface area (Å²) in [4.78, 5) is 12.7. The Balaban J connectivity index is 1.67. The molecule has 0 aromatic heterocycles. The Kier molecular flexibility index (Phi) is 8.70. The van der Waals surface area contributed by atoms with Gasteiger partial charge in [0.2, 0.25) is 0 Å². The monoisotopic (exact) mass is 418 g/mol. The second kappa shape index (κ2) is 11.7. The molecule has 1 fully saturated rings. The van der Waals surface area contributed by atoms with Gasteiger partial charge in [-0.25, -0.2) is 0 Å². The quantitative estimate of drug-likeness (QED) is 0.496. The van der Waals surface area contributed by atoms with Crippen LogP contribution in [0.3, 0.4) is 0 Å². The fourth-order valence-corrected chi connectivity index (χ4v) is 3.20. The van der Waals surface area contributed by atoms with E-state index in [2.05, 4.69) is 10.6 Å². The van der Waals surface area contributed by atoms with Gasteiger partial charge in [0, 0.05) is 26.0 Å². The third-order valence-corrected chi connectivity index (χ3v) is 4.78. The first-order valence-corrected chi connectivity index (χ1v) is 10.2. The first-order valence-electron chi connectivity index (χ1n) is 10.2. The van der Waals surface area contributed by atoms with Crippen molar-refractivity contribution in [3.8, 4) is 0 Å². The maximum absolute atomic E-state index is 12.7. The highest BCUT2D eigenvalue weighted by Crippen LogP contribution is 2.22. The maximum Gasteiger partial charge on any atom is 0.271 e. The van der Waals surface area contributed by atoms with Gasteiger partial charge in [-0.1, -0.05) is 30.3 Å². The molecule has 30 heavy (non-hydrogen) atoms. The van der Waals surface area contributed by atoms with E-state index in [-0.39, 0.29) is 36.9 Å². The van der Waals surface area contributed by atoms with E-state index in [1.807, 2.05) is 30.3 Å². The van der Waals surface area contributed by atoms with Gasteiger partial charge in [0.1, 0.15) is 18.4 Å². The molecule has 0 radical (unpaired) electrons. The van der Waals surface area contributed by atoms with Crippen LogP contribution in [0.1, 0.15) is 24.8 Å². The molecule has 0 bridgehead atoms. The summed E-state index contributed by atoms with van der Waals surface area (Å²) in [5, 5.41) is 16.5. The molecule has 2 aliphatic heterocycles. The van der Waals surface area contributed by atoms with Gasteiger partial charge in [-0.05, 0) is 30.9 Å². The largest absolute Gasteiger partial charge is 0.488 e. The average molecular weight is 418 g/mol. The van der Waals surface area contributed by atoms with Crippen molar-refractivity contribution in [3.63, 3.8) is 0 Å². The van der Waals surface area contributed by atoms with Crippen LogP contribution in [0, 0.1) is 0 Å². The van der Waals surface area contributed by atoms with Crippen molar-refractivity contribution < 1.29 is 28.8 Å². The molecule has 1 aromatic carbocycles. The van der Waals surface area contributed by atoms with E-state index in [9.17, 15) is 9.90 Å². The lowest BCUT2D eigenvalue weighted by atomic mass is 10.1. The van der Waals surface area contributed by atoms with Crippen LogP contribution in [-0.4, -0.2) is 56.9 Å². The molecule has 1 aromatic rings. The normalized spacial score (nSPS) is 21.6.